The predicted molar refractivity (Wildman–Crippen MR) is 99.3 cm³/mol. The molecule has 1 amide bonds. The first kappa shape index (κ1) is 22.4. The largest absolute Gasteiger partial charge is 0.396 e. The van der Waals surface area contributed by atoms with Crippen LogP contribution in [0.4, 0.5) is 0 Å². The summed E-state index contributed by atoms with van der Waals surface area (Å²) in [5.74, 6) is 0.322. The fourth-order valence-electron chi connectivity index (χ4n) is 3.00. The quantitative estimate of drug-likeness (QED) is 0.334. The molecule has 1 unspecified atom stereocenters. The molecule has 0 aliphatic rings. The van der Waals surface area contributed by atoms with Crippen LogP contribution in [0, 0.1) is 5.92 Å². The van der Waals surface area contributed by atoms with Gasteiger partial charge in [-0.2, -0.15) is 0 Å². The van der Waals surface area contributed by atoms with Crippen LogP contribution in [0.3, 0.4) is 0 Å². The Balaban J connectivity index is 3.01. The second-order valence-electron chi connectivity index (χ2n) is 7.24. The Bertz CT molecular complexity index is 256. The van der Waals surface area contributed by atoms with Crippen LogP contribution >= 0.6 is 0 Å². The minimum absolute atomic E-state index is 0.162. The zero-order chi connectivity index (χ0) is 17.2. The summed E-state index contributed by atoms with van der Waals surface area (Å²) in [5.41, 5.74) is 5.12. The molecule has 0 fully saturated rings. The molecule has 23 heavy (non-hydrogen) atoms. The summed E-state index contributed by atoms with van der Waals surface area (Å²) in [6, 6.07) is 0. The van der Waals surface area contributed by atoms with Gasteiger partial charge in [-0.3, -0.25) is 4.79 Å². The van der Waals surface area contributed by atoms with Gasteiger partial charge < -0.3 is 10.8 Å². The molecule has 0 saturated carbocycles. The molecule has 1 atom stereocenters. The lowest BCUT2D eigenvalue weighted by Crippen LogP contribution is -2.09. The molecule has 0 heterocycles. The molecule has 3 heteroatoms. The third-order valence-electron chi connectivity index (χ3n) is 4.68. The third kappa shape index (κ3) is 19.4. The van der Waals surface area contributed by atoms with Crippen molar-refractivity contribution in [3.05, 3.63) is 0 Å². The number of primary amides is 1. The van der Waals surface area contributed by atoms with E-state index < -0.39 is 0 Å². The number of unbranched alkanes of at least 4 members (excludes halogenated alkanes) is 13. The summed E-state index contributed by atoms with van der Waals surface area (Å²) < 4.78 is 0. The van der Waals surface area contributed by atoms with Crippen molar-refractivity contribution in [3.63, 3.8) is 0 Å². The van der Waals surface area contributed by atoms with Gasteiger partial charge in [0.15, 0.2) is 0 Å². The van der Waals surface area contributed by atoms with Gasteiger partial charge in [0.05, 0.1) is 0 Å². The summed E-state index contributed by atoms with van der Waals surface area (Å²) in [6.45, 7) is 2.47. The molecule has 0 aromatic heterocycles. The van der Waals surface area contributed by atoms with Gasteiger partial charge in [-0.1, -0.05) is 90.4 Å². The maximum absolute atomic E-state index is 10.6. The van der Waals surface area contributed by atoms with Crippen LogP contribution < -0.4 is 5.73 Å². The maximum atomic E-state index is 10.6. The first-order chi connectivity index (χ1) is 11.2. The second-order valence-corrected chi connectivity index (χ2v) is 7.24. The van der Waals surface area contributed by atoms with Crippen LogP contribution in [-0.2, 0) is 4.79 Å². The lowest BCUT2D eigenvalue weighted by molar-refractivity contribution is -0.118. The number of nitrogens with two attached hydrogens (primary N) is 1. The standard InChI is InChI=1S/C20H41NO2/c1-19(18-22)16-14-12-10-8-6-4-2-3-5-7-9-11-13-15-17-20(21)23/h19,22H,2-18H2,1H3,(H2,21,23). The highest BCUT2D eigenvalue weighted by Gasteiger charge is 1.99. The van der Waals surface area contributed by atoms with Gasteiger partial charge in [-0.05, 0) is 18.8 Å². The molecule has 0 bridgehead atoms. The lowest BCUT2D eigenvalue weighted by atomic mass is 10.0. The number of hydrogen-bond donors (Lipinski definition) is 2. The molecule has 0 aromatic rings. The molecule has 138 valence electrons. The van der Waals surface area contributed by atoms with Crippen molar-refractivity contribution in [1.29, 1.82) is 0 Å². The number of carbonyl (C=O) groups excluding carboxylic acids is 1. The summed E-state index contributed by atoms with van der Waals surface area (Å²) in [7, 11) is 0. The number of aliphatic hydroxyl groups is 1. The average Bonchev–Trinajstić information content (AvgIpc) is 2.53. The van der Waals surface area contributed by atoms with E-state index in [2.05, 4.69) is 6.92 Å². The Kier molecular flexibility index (Phi) is 17.3. The zero-order valence-corrected chi connectivity index (χ0v) is 15.5. The highest BCUT2D eigenvalue weighted by molar-refractivity contribution is 5.73. The van der Waals surface area contributed by atoms with Gasteiger partial charge in [-0.25, -0.2) is 0 Å². The van der Waals surface area contributed by atoms with Gasteiger partial charge in [-0.15, -0.1) is 0 Å². The maximum Gasteiger partial charge on any atom is 0.217 e. The van der Waals surface area contributed by atoms with Gasteiger partial charge >= 0.3 is 0 Å². The van der Waals surface area contributed by atoms with Crippen LogP contribution in [0.2, 0.25) is 0 Å². The Hall–Kier alpha value is -0.570. The highest BCUT2D eigenvalue weighted by Crippen LogP contribution is 2.14. The van der Waals surface area contributed by atoms with Crippen molar-refractivity contribution < 1.29 is 9.90 Å². The van der Waals surface area contributed by atoms with Gasteiger partial charge in [0, 0.05) is 13.0 Å². The van der Waals surface area contributed by atoms with Crippen molar-refractivity contribution in [1.82, 2.24) is 0 Å². The van der Waals surface area contributed by atoms with Crippen molar-refractivity contribution in [2.45, 2.75) is 110 Å². The Labute approximate surface area is 144 Å². The lowest BCUT2D eigenvalue weighted by Gasteiger charge is -2.07. The van der Waals surface area contributed by atoms with Crippen molar-refractivity contribution in [2.75, 3.05) is 6.61 Å². The molecular weight excluding hydrogens is 286 g/mol. The van der Waals surface area contributed by atoms with Gasteiger partial charge in [0.1, 0.15) is 0 Å². The molecule has 3 nitrogen and oxygen atoms in total. The van der Waals surface area contributed by atoms with E-state index in [1.807, 2.05) is 0 Å². The molecule has 0 aromatic carbocycles. The minimum atomic E-state index is -0.162. The molecule has 3 N–H and O–H groups in total. The molecule has 0 radical (unpaired) electrons. The summed E-state index contributed by atoms with van der Waals surface area (Å²) in [4.78, 5) is 10.6. The van der Waals surface area contributed by atoms with Crippen LogP contribution in [0.5, 0.6) is 0 Å². The summed E-state index contributed by atoms with van der Waals surface area (Å²) in [5, 5.41) is 8.95. The summed E-state index contributed by atoms with van der Waals surface area (Å²) in [6.07, 6.45) is 20.1. The number of hydrogen-bond acceptors (Lipinski definition) is 2. The first-order valence-electron chi connectivity index (χ1n) is 10.1. The fourth-order valence-corrected chi connectivity index (χ4v) is 3.00. The number of carbonyl (C=O) groups is 1. The van der Waals surface area contributed by atoms with Crippen LogP contribution in [0.25, 0.3) is 0 Å². The number of aliphatic hydroxyl groups excluding tert-OH is 1. The molecular formula is C20H41NO2. The van der Waals surface area contributed by atoms with Gasteiger partial charge in [0.2, 0.25) is 5.91 Å². The topological polar surface area (TPSA) is 63.3 Å². The first-order valence-corrected chi connectivity index (χ1v) is 10.1. The van der Waals surface area contributed by atoms with E-state index in [1.54, 1.807) is 0 Å². The normalized spacial score (nSPS) is 12.4. The van der Waals surface area contributed by atoms with Gasteiger partial charge in [0.25, 0.3) is 0 Å². The SMILES string of the molecule is CC(CO)CCCCCCCCCCCCCCCCC(N)=O. The highest BCUT2D eigenvalue weighted by atomic mass is 16.3. The predicted octanol–water partition coefficient (Wildman–Crippen LogP) is 5.34. The van der Waals surface area contributed by atoms with E-state index >= 15 is 0 Å². The molecule has 0 saturated heterocycles. The number of rotatable bonds is 18. The van der Waals surface area contributed by atoms with E-state index in [-0.39, 0.29) is 5.91 Å². The molecule has 0 aliphatic carbocycles. The zero-order valence-electron chi connectivity index (χ0n) is 15.5. The second kappa shape index (κ2) is 17.8. The van der Waals surface area contributed by atoms with E-state index in [4.69, 9.17) is 10.8 Å². The van der Waals surface area contributed by atoms with Crippen molar-refractivity contribution in [3.8, 4) is 0 Å². The van der Waals surface area contributed by atoms with Crippen LogP contribution in [0.15, 0.2) is 0 Å². The van der Waals surface area contributed by atoms with E-state index in [0.29, 0.717) is 18.9 Å². The fraction of sp³-hybridized carbons (Fsp3) is 0.950. The van der Waals surface area contributed by atoms with Crippen LogP contribution in [0.1, 0.15) is 110 Å². The monoisotopic (exact) mass is 327 g/mol. The smallest absolute Gasteiger partial charge is 0.217 e. The minimum Gasteiger partial charge on any atom is -0.396 e. The van der Waals surface area contributed by atoms with E-state index in [1.165, 1.54) is 83.5 Å². The molecule has 0 aliphatic heterocycles. The molecule has 0 rings (SSSR count). The Morgan fingerprint density at radius 1 is 0.739 bits per heavy atom. The van der Waals surface area contributed by atoms with E-state index in [9.17, 15) is 4.79 Å². The number of amides is 1. The third-order valence-corrected chi connectivity index (χ3v) is 4.68. The summed E-state index contributed by atoms with van der Waals surface area (Å²) >= 11 is 0. The molecule has 0 spiro atoms. The van der Waals surface area contributed by atoms with E-state index in [0.717, 1.165) is 12.8 Å². The van der Waals surface area contributed by atoms with Crippen LogP contribution in [-0.4, -0.2) is 17.6 Å². The van der Waals surface area contributed by atoms with Crippen molar-refractivity contribution >= 4 is 5.91 Å². The van der Waals surface area contributed by atoms with Crippen molar-refractivity contribution in [2.24, 2.45) is 11.7 Å². The Morgan fingerprint density at radius 2 is 1.09 bits per heavy atom. The Morgan fingerprint density at radius 3 is 1.43 bits per heavy atom. The average molecular weight is 328 g/mol.